The summed E-state index contributed by atoms with van der Waals surface area (Å²) in [5.41, 5.74) is 3.09. The van der Waals surface area contributed by atoms with Gasteiger partial charge in [-0.1, -0.05) is 43.3 Å². The molecule has 1 aliphatic heterocycles. The van der Waals surface area contributed by atoms with Crippen molar-refractivity contribution in [2.24, 2.45) is 0 Å². The van der Waals surface area contributed by atoms with Crippen molar-refractivity contribution in [2.45, 2.75) is 39.8 Å². The van der Waals surface area contributed by atoms with Crippen molar-refractivity contribution in [3.63, 3.8) is 0 Å². The van der Waals surface area contributed by atoms with Gasteiger partial charge in [-0.25, -0.2) is 9.67 Å². The number of ether oxygens (including phenoxy) is 1. The third-order valence-corrected chi connectivity index (χ3v) is 6.58. The summed E-state index contributed by atoms with van der Waals surface area (Å²) in [5, 5.41) is 7.65. The lowest BCUT2D eigenvalue weighted by Gasteiger charge is -2.34. The first kappa shape index (κ1) is 25.9. The van der Waals surface area contributed by atoms with Crippen LogP contribution in [0.15, 0.2) is 48.5 Å². The van der Waals surface area contributed by atoms with Gasteiger partial charge in [0.15, 0.2) is 11.6 Å². The minimum Gasteiger partial charge on any atom is -0.497 e. The van der Waals surface area contributed by atoms with Crippen LogP contribution in [-0.4, -0.2) is 82.9 Å². The quantitative estimate of drug-likeness (QED) is 0.470. The van der Waals surface area contributed by atoms with E-state index in [9.17, 15) is 4.79 Å². The molecule has 1 aliphatic rings. The molecule has 1 aromatic heterocycles. The van der Waals surface area contributed by atoms with E-state index in [0.717, 1.165) is 62.6 Å². The lowest BCUT2D eigenvalue weighted by Crippen LogP contribution is -2.46. The highest BCUT2D eigenvalue weighted by molar-refractivity contribution is 5.77. The van der Waals surface area contributed by atoms with Gasteiger partial charge in [-0.15, -0.1) is 5.10 Å². The van der Waals surface area contributed by atoms with E-state index in [1.54, 1.807) is 11.8 Å². The molecule has 1 saturated heterocycles. The predicted molar refractivity (Wildman–Crippen MR) is 143 cm³/mol. The van der Waals surface area contributed by atoms with Gasteiger partial charge in [-0.3, -0.25) is 4.79 Å². The molecule has 0 atom stereocenters. The number of amides is 1. The molecule has 2 heterocycles. The van der Waals surface area contributed by atoms with E-state index in [4.69, 9.17) is 14.8 Å². The van der Waals surface area contributed by atoms with Gasteiger partial charge in [0.05, 0.1) is 7.11 Å². The predicted octanol–water partition coefficient (Wildman–Crippen LogP) is 3.33. The average Bonchev–Trinajstić information content (AvgIpc) is 3.31. The Balaban J connectivity index is 1.50. The summed E-state index contributed by atoms with van der Waals surface area (Å²) < 4.78 is 7.06. The first-order valence-corrected chi connectivity index (χ1v) is 12.9. The molecule has 36 heavy (non-hydrogen) atoms. The number of likely N-dealkylation sites (N-methyl/N-ethyl adjacent to an activating group) is 1. The number of piperazine rings is 1. The number of aromatic nitrogens is 3. The van der Waals surface area contributed by atoms with Crippen LogP contribution in [0.4, 0.5) is 0 Å². The number of nitrogens with one attached hydrogen (secondary N) is 1. The Bertz CT molecular complexity index is 1130. The van der Waals surface area contributed by atoms with E-state index in [-0.39, 0.29) is 18.5 Å². The van der Waals surface area contributed by atoms with Crippen molar-refractivity contribution in [3.05, 3.63) is 54.1 Å². The molecular weight excluding hydrogens is 452 g/mol. The monoisotopic (exact) mass is 490 g/mol. The van der Waals surface area contributed by atoms with E-state index in [1.807, 2.05) is 38.1 Å². The lowest BCUT2D eigenvalue weighted by atomic mass is 10.1. The van der Waals surface area contributed by atoms with Crippen LogP contribution in [0.1, 0.15) is 26.3 Å². The molecule has 4 rings (SSSR count). The highest BCUT2D eigenvalue weighted by Crippen LogP contribution is 2.26. The Kier molecular flexibility index (Phi) is 8.72. The number of rotatable bonds is 10. The molecule has 0 saturated carbocycles. The van der Waals surface area contributed by atoms with Crippen molar-refractivity contribution < 1.29 is 9.53 Å². The fourth-order valence-corrected chi connectivity index (χ4v) is 4.49. The second-order valence-corrected chi connectivity index (χ2v) is 9.59. The van der Waals surface area contributed by atoms with Crippen molar-refractivity contribution in [3.8, 4) is 28.5 Å². The summed E-state index contributed by atoms with van der Waals surface area (Å²) in [4.78, 5) is 22.4. The van der Waals surface area contributed by atoms with Crippen LogP contribution in [0.25, 0.3) is 22.8 Å². The van der Waals surface area contributed by atoms with Crippen molar-refractivity contribution in [1.29, 1.82) is 0 Å². The number of benzene rings is 2. The van der Waals surface area contributed by atoms with Gasteiger partial charge < -0.3 is 19.9 Å². The Hall–Kier alpha value is -3.23. The van der Waals surface area contributed by atoms with E-state index in [2.05, 4.69) is 46.3 Å². The van der Waals surface area contributed by atoms with Gasteiger partial charge in [0, 0.05) is 49.9 Å². The van der Waals surface area contributed by atoms with Crippen molar-refractivity contribution in [2.75, 3.05) is 46.4 Å². The maximum Gasteiger partial charge on any atom is 0.242 e. The lowest BCUT2D eigenvalue weighted by molar-refractivity contribution is -0.122. The number of hydrogen-bond donors (Lipinski definition) is 1. The summed E-state index contributed by atoms with van der Waals surface area (Å²) in [6.07, 6.45) is 1.03. The molecule has 8 heteroatoms. The van der Waals surface area contributed by atoms with Crippen LogP contribution in [0.3, 0.4) is 0 Å². The first-order valence-electron chi connectivity index (χ1n) is 12.9. The summed E-state index contributed by atoms with van der Waals surface area (Å²) >= 11 is 0. The second-order valence-electron chi connectivity index (χ2n) is 9.59. The van der Waals surface area contributed by atoms with Gasteiger partial charge in [0.25, 0.3) is 0 Å². The van der Waals surface area contributed by atoms with Gasteiger partial charge in [0.2, 0.25) is 5.91 Å². The summed E-state index contributed by atoms with van der Waals surface area (Å²) in [7, 11) is 1.64. The summed E-state index contributed by atoms with van der Waals surface area (Å²) in [6.45, 7) is 13.0. The molecular formula is C28H38N6O2. The van der Waals surface area contributed by atoms with Crippen LogP contribution in [0.2, 0.25) is 0 Å². The van der Waals surface area contributed by atoms with Crippen molar-refractivity contribution in [1.82, 2.24) is 29.9 Å². The Labute approximate surface area is 214 Å². The number of methoxy groups -OCH3 is 1. The maximum absolute atomic E-state index is 12.5. The molecule has 1 amide bonds. The molecule has 0 unspecified atom stereocenters. The second kappa shape index (κ2) is 12.1. The highest BCUT2D eigenvalue weighted by Gasteiger charge is 2.18. The molecule has 0 radical (unpaired) electrons. The van der Waals surface area contributed by atoms with Gasteiger partial charge >= 0.3 is 0 Å². The summed E-state index contributed by atoms with van der Waals surface area (Å²) in [5.74, 6) is 1.88. The van der Waals surface area contributed by atoms with E-state index in [0.29, 0.717) is 11.6 Å². The number of carbonyl (C=O) groups excluding carboxylic acids is 1. The highest BCUT2D eigenvalue weighted by atomic mass is 16.5. The molecule has 8 nitrogen and oxygen atoms in total. The molecule has 192 valence electrons. The smallest absolute Gasteiger partial charge is 0.242 e. The fourth-order valence-electron chi connectivity index (χ4n) is 4.49. The standard InChI is InChI=1S/C28H38N6O2/c1-5-32-15-17-33(18-16-32)14-13-22-9-11-23(12-10-22)27-30-28(24-7-6-8-25(19-24)36-4)34(31-27)20-26(35)29-21(2)3/h6-12,19,21H,5,13-18,20H2,1-4H3,(H,29,35). The van der Waals surface area contributed by atoms with Crippen LogP contribution in [0.5, 0.6) is 5.75 Å². The maximum atomic E-state index is 12.5. The zero-order valence-electron chi connectivity index (χ0n) is 21.9. The zero-order chi connectivity index (χ0) is 25.5. The fraction of sp³-hybridized carbons (Fsp3) is 0.464. The first-order chi connectivity index (χ1) is 17.4. The van der Waals surface area contributed by atoms with Gasteiger partial charge in [0.1, 0.15) is 12.3 Å². The van der Waals surface area contributed by atoms with E-state index >= 15 is 0 Å². The van der Waals surface area contributed by atoms with Crippen LogP contribution in [0, 0.1) is 0 Å². The molecule has 0 aliphatic carbocycles. The van der Waals surface area contributed by atoms with Gasteiger partial charge in [-0.05, 0) is 44.5 Å². The summed E-state index contributed by atoms with van der Waals surface area (Å²) in [6, 6.07) is 16.2. The number of hydrogen-bond acceptors (Lipinski definition) is 6. The molecule has 3 aromatic rings. The minimum absolute atomic E-state index is 0.0591. The molecule has 0 spiro atoms. The van der Waals surface area contributed by atoms with E-state index in [1.165, 1.54) is 5.56 Å². The Morgan fingerprint density at radius 3 is 2.42 bits per heavy atom. The normalized spacial score (nSPS) is 14.8. The SMILES string of the molecule is CCN1CCN(CCc2ccc(-c3nc(-c4cccc(OC)c4)n(CC(=O)NC(C)C)n3)cc2)CC1. The number of nitrogens with zero attached hydrogens (tertiary/aromatic N) is 5. The largest absolute Gasteiger partial charge is 0.497 e. The van der Waals surface area contributed by atoms with Crippen LogP contribution in [-0.2, 0) is 17.8 Å². The van der Waals surface area contributed by atoms with Crippen LogP contribution >= 0.6 is 0 Å². The third-order valence-electron chi connectivity index (χ3n) is 6.58. The topological polar surface area (TPSA) is 75.5 Å². The van der Waals surface area contributed by atoms with Gasteiger partial charge in [-0.2, -0.15) is 0 Å². The Morgan fingerprint density at radius 1 is 1.03 bits per heavy atom. The molecule has 2 aromatic carbocycles. The molecule has 1 fully saturated rings. The third kappa shape index (κ3) is 6.71. The van der Waals surface area contributed by atoms with Crippen molar-refractivity contribution >= 4 is 5.91 Å². The average molecular weight is 491 g/mol. The zero-order valence-corrected chi connectivity index (χ0v) is 21.9. The minimum atomic E-state index is -0.0966. The molecule has 1 N–H and O–H groups in total. The number of carbonyl (C=O) groups is 1. The van der Waals surface area contributed by atoms with Crippen LogP contribution < -0.4 is 10.1 Å². The Morgan fingerprint density at radius 2 is 1.75 bits per heavy atom. The molecule has 0 bridgehead atoms. The van der Waals surface area contributed by atoms with E-state index < -0.39 is 0 Å².